The zero-order valence-electron chi connectivity index (χ0n) is 22.9. The number of anilines is 2. The van der Waals surface area contributed by atoms with E-state index in [1.165, 1.54) is 20.4 Å². The Hall–Kier alpha value is -4.86. The Morgan fingerprint density at radius 3 is 2.83 bits per heavy atom. The number of carbonyl (C=O) groups is 1. The van der Waals surface area contributed by atoms with Crippen molar-refractivity contribution in [3.8, 4) is 17.0 Å². The van der Waals surface area contributed by atoms with Crippen LogP contribution < -0.4 is 10.1 Å². The molecule has 40 heavy (non-hydrogen) atoms. The molecule has 1 atom stereocenters. The van der Waals surface area contributed by atoms with Gasteiger partial charge >= 0.3 is 5.97 Å². The quantitative estimate of drug-likeness (QED) is 0.237. The highest BCUT2D eigenvalue weighted by Gasteiger charge is 2.26. The zero-order valence-corrected chi connectivity index (χ0v) is 22.9. The first-order valence-electron chi connectivity index (χ1n) is 12.9. The molecule has 0 fully saturated rings. The summed E-state index contributed by atoms with van der Waals surface area (Å²) in [5.41, 5.74) is 8.20. The smallest absolute Gasteiger partial charge is 0.337 e. The molecular formula is C30H31N7O3. The Kier molecular flexibility index (Phi) is 7.68. The van der Waals surface area contributed by atoms with Crippen LogP contribution in [0.5, 0.6) is 5.75 Å². The predicted octanol–water partition coefficient (Wildman–Crippen LogP) is 4.54. The van der Waals surface area contributed by atoms with E-state index in [1.54, 1.807) is 31.5 Å². The molecule has 0 radical (unpaired) electrons. The van der Waals surface area contributed by atoms with Crippen molar-refractivity contribution < 1.29 is 14.3 Å². The lowest BCUT2D eigenvalue weighted by molar-refractivity contribution is 0.0600. The molecule has 2 aromatic heterocycles. The average Bonchev–Trinajstić information content (AvgIpc) is 3.30. The fraction of sp³-hybridized carbons (Fsp3) is 0.267. The Morgan fingerprint density at radius 2 is 2.08 bits per heavy atom. The number of benzene rings is 2. The summed E-state index contributed by atoms with van der Waals surface area (Å²) in [5, 5.41) is 15.9. The van der Waals surface area contributed by atoms with Crippen molar-refractivity contribution in [2.75, 3.05) is 26.6 Å². The van der Waals surface area contributed by atoms with Crippen LogP contribution in [0.15, 0.2) is 53.7 Å². The van der Waals surface area contributed by atoms with Crippen LogP contribution in [0.25, 0.3) is 11.3 Å². The van der Waals surface area contributed by atoms with E-state index < -0.39 is 5.97 Å². The minimum Gasteiger partial charge on any atom is -0.495 e. The number of rotatable bonds is 9. The van der Waals surface area contributed by atoms with Gasteiger partial charge in [0.25, 0.3) is 0 Å². The normalized spacial score (nSPS) is 12.9. The number of aliphatic imine (C=N–C) groups is 1. The van der Waals surface area contributed by atoms with E-state index in [1.807, 2.05) is 30.1 Å². The van der Waals surface area contributed by atoms with Gasteiger partial charge in [0.15, 0.2) is 0 Å². The summed E-state index contributed by atoms with van der Waals surface area (Å²) in [7, 11) is 6.57. The highest BCUT2D eigenvalue weighted by molar-refractivity contribution is 5.91. The van der Waals surface area contributed by atoms with Gasteiger partial charge in [-0.25, -0.2) is 14.8 Å². The maximum absolute atomic E-state index is 11.9. The number of fused-ring (bicyclic) bond motifs is 3. The average molecular weight is 538 g/mol. The zero-order chi connectivity index (χ0) is 28.2. The van der Waals surface area contributed by atoms with E-state index in [-0.39, 0.29) is 5.92 Å². The third-order valence-electron chi connectivity index (χ3n) is 7.04. The van der Waals surface area contributed by atoms with Gasteiger partial charge in [0, 0.05) is 44.7 Å². The van der Waals surface area contributed by atoms with Crippen LogP contribution >= 0.6 is 0 Å². The second kappa shape index (κ2) is 11.5. The fourth-order valence-electron chi connectivity index (χ4n) is 5.04. The van der Waals surface area contributed by atoms with E-state index in [0.717, 1.165) is 52.2 Å². The van der Waals surface area contributed by atoms with E-state index in [4.69, 9.17) is 25.0 Å². The predicted molar refractivity (Wildman–Crippen MR) is 154 cm³/mol. The number of methoxy groups -OCH3 is 2. The SMILES string of the molecule is CN=CC(C=N)c1cccc(Cc2c3c(nn2C)CCc2cnc(Nc4ccc(C(=O)OC)cc4OC)nc2-3)c1. The topological polar surface area (TPSA) is 127 Å². The largest absolute Gasteiger partial charge is 0.495 e. The summed E-state index contributed by atoms with van der Waals surface area (Å²) in [6.45, 7) is 0. The number of aromatic nitrogens is 4. The van der Waals surface area contributed by atoms with E-state index in [2.05, 4.69) is 27.4 Å². The summed E-state index contributed by atoms with van der Waals surface area (Å²) in [6.07, 6.45) is 7.32. The van der Waals surface area contributed by atoms with Crippen molar-refractivity contribution in [3.05, 3.63) is 82.3 Å². The number of esters is 1. The minimum atomic E-state index is -0.441. The number of carbonyl (C=O) groups excluding carboxylic acids is 1. The first kappa shape index (κ1) is 26.7. The van der Waals surface area contributed by atoms with Crippen molar-refractivity contribution in [1.82, 2.24) is 19.7 Å². The van der Waals surface area contributed by atoms with Crippen LogP contribution in [-0.4, -0.2) is 59.4 Å². The number of aryl methyl sites for hydroxylation is 3. The van der Waals surface area contributed by atoms with E-state index in [0.29, 0.717) is 29.4 Å². The molecule has 1 aliphatic rings. The Morgan fingerprint density at radius 1 is 1.23 bits per heavy atom. The molecule has 4 aromatic rings. The van der Waals surface area contributed by atoms with Crippen LogP contribution in [0.1, 0.15) is 44.4 Å². The number of ether oxygens (including phenoxy) is 2. The van der Waals surface area contributed by atoms with Crippen molar-refractivity contribution in [2.45, 2.75) is 25.2 Å². The van der Waals surface area contributed by atoms with E-state index >= 15 is 0 Å². The summed E-state index contributed by atoms with van der Waals surface area (Å²) in [4.78, 5) is 25.5. The second-order valence-corrected chi connectivity index (χ2v) is 9.51. The van der Waals surface area contributed by atoms with Gasteiger partial charge in [-0.05, 0) is 47.7 Å². The number of nitrogens with one attached hydrogen (secondary N) is 2. The lowest BCUT2D eigenvalue weighted by atomic mass is 9.91. The van der Waals surface area contributed by atoms with Crippen molar-refractivity contribution in [2.24, 2.45) is 12.0 Å². The maximum atomic E-state index is 11.9. The highest BCUT2D eigenvalue weighted by atomic mass is 16.5. The molecule has 10 nitrogen and oxygen atoms in total. The van der Waals surface area contributed by atoms with Gasteiger partial charge in [-0.2, -0.15) is 5.10 Å². The monoisotopic (exact) mass is 537 g/mol. The van der Waals surface area contributed by atoms with Crippen molar-refractivity contribution in [1.29, 1.82) is 5.41 Å². The molecule has 0 saturated carbocycles. The molecule has 0 bridgehead atoms. The fourth-order valence-corrected chi connectivity index (χ4v) is 5.04. The third-order valence-corrected chi connectivity index (χ3v) is 7.04. The first-order chi connectivity index (χ1) is 19.4. The van der Waals surface area contributed by atoms with Gasteiger partial charge in [0.2, 0.25) is 5.95 Å². The molecule has 0 aliphatic heterocycles. The number of hydrogen-bond donors (Lipinski definition) is 2. The molecule has 1 unspecified atom stereocenters. The Bertz CT molecular complexity index is 1610. The van der Waals surface area contributed by atoms with E-state index in [9.17, 15) is 4.79 Å². The van der Waals surface area contributed by atoms with Gasteiger partial charge in [0.1, 0.15) is 5.75 Å². The van der Waals surface area contributed by atoms with Gasteiger partial charge in [-0.1, -0.05) is 24.3 Å². The molecule has 0 saturated heterocycles. The molecule has 204 valence electrons. The van der Waals surface area contributed by atoms with Gasteiger partial charge in [-0.15, -0.1) is 0 Å². The summed E-state index contributed by atoms with van der Waals surface area (Å²) >= 11 is 0. The molecule has 10 heteroatoms. The number of nitrogens with zero attached hydrogens (tertiary/aromatic N) is 5. The van der Waals surface area contributed by atoms with Crippen LogP contribution in [-0.2, 0) is 31.0 Å². The minimum absolute atomic E-state index is 0.161. The molecule has 5 rings (SSSR count). The second-order valence-electron chi connectivity index (χ2n) is 9.51. The standard InChI is InChI=1S/C30H31N7O3/c1-32-16-22(15-31)19-7-5-6-18(12-19)13-25-27-24(36-37(25)2)11-9-21-17-33-30(35-28(21)27)34-23-10-8-20(29(38)40-4)14-26(23)39-3/h5-8,10,12,14-17,22,31H,9,11,13H2,1-4H3,(H,33,34,35). The highest BCUT2D eigenvalue weighted by Crippen LogP contribution is 2.37. The lowest BCUT2D eigenvalue weighted by Gasteiger charge is -2.18. The van der Waals surface area contributed by atoms with Crippen molar-refractivity contribution >= 4 is 30.0 Å². The van der Waals surface area contributed by atoms with Crippen molar-refractivity contribution in [3.63, 3.8) is 0 Å². The molecule has 2 heterocycles. The molecule has 2 aromatic carbocycles. The summed E-state index contributed by atoms with van der Waals surface area (Å²) < 4.78 is 12.3. The van der Waals surface area contributed by atoms with Crippen LogP contribution in [0.4, 0.5) is 11.6 Å². The molecular weight excluding hydrogens is 506 g/mol. The van der Waals surface area contributed by atoms with Crippen LogP contribution in [0.2, 0.25) is 0 Å². The molecule has 0 spiro atoms. The third kappa shape index (κ3) is 5.20. The maximum Gasteiger partial charge on any atom is 0.337 e. The van der Waals surface area contributed by atoms with Gasteiger partial charge < -0.3 is 20.2 Å². The molecule has 2 N–H and O–H groups in total. The first-order valence-corrected chi connectivity index (χ1v) is 12.9. The Labute approximate surface area is 232 Å². The van der Waals surface area contributed by atoms with Gasteiger partial charge in [-0.3, -0.25) is 9.67 Å². The lowest BCUT2D eigenvalue weighted by Crippen LogP contribution is -2.10. The molecule has 1 aliphatic carbocycles. The number of hydrogen-bond acceptors (Lipinski definition) is 9. The van der Waals surface area contributed by atoms with Crippen LogP contribution in [0.3, 0.4) is 0 Å². The summed E-state index contributed by atoms with van der Waals surface area (Å²) in [6, 6.07) is 13.3. The van der Waals surface area contributed by atoms with Gasteiger partial charge in [0.05, 0.1) is 48.5 Å². The van der Waals surface area contributed by atoms with Crippen LogP contribution in [0, 0.1) is 5.41 Å². The summed E-state index contributed by atoms with van der Waals surface area (Å²) in [5.74, 6) is 0.290. The Balaban J connectivity index is 1.49. The molecule has 0 amide bonds.